The molecule has 0 heterocycles. The van der Waals surface area contributed by atoms with Gasteiger partial charge in [-0.2, -0.15) is 0 Å². The zero-order valence-corrected chi connectivity index (χ0v) is 7.77. The van der Waals surface area contributed by atoms with E-state index in [0.717, 1.165) is 5.57 Å². The summed E-state index contributed by atoms with van der Waals surface area (Å²) in [7, 11) is 0. The first kappa shape index (κ1) is 30.3. The summed E-state index contributed by atoms with van der Waals surface area (Å²) in [4.78, 5) is 0. The minimum absolute atomic E-state index is 0. The smallest absolute Gasteiger partial charge is 0 e. The number of hydrogen-bond acceptors (Lipinski definition) is 0. The second kappa shape index (κ2) is 83.8. The molecule has 12 heavy (non-hydrogen) atoms. The molecule has 0 aliphatic heterocycles. The van der Waals surface area contributed by atoms with Crippen LogP contribution in [0.15, 0.2) is 24.8 Å². The molecule has 1 radical (unpaired) electrons. The number of allylic oxidation sites excluding steroid dienone is 2. The van der Waals surface area contributed by atoms with Crippen molar-refractivity contribution in [2.45, 2.75) is 6.92 Å². The summed E-state index contributed by atoms with van der Waals surface area (Å²) in [6.07, 6.45) is 1.72. The summed E-state index contributed by atoms with van der Waals surface area (Å²) in [6.45, 7) is 22.4. The molecule has 0 bridgehead atoms. The standard InChI is InChI=1S/C5H8.3CO.Mn/c1-4-5(2)3;3*1-2;/h4H,1-2H2,3H3;;;;. The summed E-state index contributed by atoms with van der Waals surface area (Å²) >= 11 is 0. The van der Waals surface area contributed by atoms with Crippen molar-refractivity contribution in [2.24, 2.45) is 0 Å². The maximum Gasteiger partial charge on any atom is 0 e. The van der Waals surface area contributed by atoms with E-state index in [1.54, 1.807) is 6.08 Å². The van der Waals surface area contributed by atoms with Crippen LogP contribution in [0, 0.1) is 20.0 Å². The average Bonchev–Trinajstić information content (AvgIpc) is 2.15. The van der Waals surface area contributed by atoms with Gasteiger partial charge in [-0.25, -0.2) is 0 Å². The van der Waals surface area contributed by atoms with Crippen molar-refractivity contribution in [3.05, 3.63) is 44.8 Å². The zero-order chi connectivity index (χ0) is 10.3. The van der Waals surface area contributed by atoms with Gasteiger partial charge < -0.3 is 0 Å². The molecular weight excluding hydrogens is 199 g/mol. The molecule has 0 rings (SSSR count). The van der Waals surface area contributed by atoms with Crippen molar-refractivity contribution in [3.8, 4) is 0 Å². The van der Waals surface area contributed by atoms with E-state index in [-0.39, 0.29) is 17.1 Å². The fourth-order valence-corrected chi connectivity index (χ4v) is 0. The Morgan fingerprint density at radius 2 is 1.17 bits per heavy atom. The van der Waals surface area contributed by atoms with Gasteiger partial charge in [-0.05, 0) is 6.92 Å². The van der Waals surface area contributed by atoms with Crippen LogP contribution in [0.1, 0.15) is 6.92 Å². The van der Waals surface area contributed by atoms with Crippen LogP contribution in [0.3, 0.4) is 0 Å². The summed E-state index contributed by atoms with van der Waals surface area (Å²) in [5.74, 6) is 0. The maximum atomic E-state index is 7.50. The first-order chi connectivity index (χ1) is 5.27. The fourth-order valence-electron chi connectivity index (χ4n) is 0. The molecule has 0 atom stereocenters. The van der Waals surface area contributed by atoms with Gasteiger partial charge in [-0.1, -0.05) is 24.8 Å². The van der Waals surface area contributed by atoms with Gasteiger partial charge in [0, 0.05) is 17.1 Å². The van der Waals surface area contributed by atoms with E-state index in [4.69, 9.17) is 14.0 Å². The molecular formula is C8H8MnO3. The molecule has 3 nitrogen and oxygen atoms in total. The third-order valence-electron chi connectivity index (χ3n) is 0.348. The third-order valence-corrected chi connectivity index (χ3v) is 0.348. The fraction of sp³-hybridized carbons (Fsp3) is 0.125. The second-order valence-corrected chi connectivity index (χ2v) is 1.05. The molecule has 65 valence electrons. The monoisotopic (exact) mass is 207 g/mol. The van der Waals surface area contributed by atoms with Crippen LogP contribution in [-0.4, -0.2) is 0 Å². The molecule has 0 aromatic carbocycles. The van der Waals surface area contributed by atoms with E-state index in [2.05, 4.69) is 33.1 Å². The van der Waals surface area contributed by atoms with E-state index in [0.29, 0.717) is 0 Å². The SMILES string of the molecule is C=CC(=C)C.[C-]#[O+].[C-]#[O+].[C-]#[O+].[Mn]. The van der Waals surface area contributed by atoms with Crippen molar-refractivity contribution in [2.75, 3.05) is 0 Å². The summed E-state index contributed by atoms with van der Waals surface area (Å²) in [5.41, 5.74) is 1.02. The molecule has 0 aliphatic rings. The molecule has 0 saturated heterocycles. The molecule has 0 amide bonds. The van der Waals surface area contributed by atoms with Crippen molar-refractivity contribution in [1.29, 1.82) is 0 Å². The van der Waals surface area contributed by atoms with Crippen molar-refractivity contribution in [1.82, 2.24) is 0 Å². The Morgan fingerprint density at radius 3 is 1.17 bits per heavy atom. The average molecular weight is 207 g/mol. The second-order valence-electron chi connectivity index (χ2n) is 1.05. The van der Waals surface area contributed by atoms with Gasteiger partial charge in [-0.3, -0.25) is 0 Å². The van der Waals surface area contributed by atoms with Gasteiger partial charge in [0.1, 0.15) is 0 Å². The third kappa shape index (κ3) is 419. The molecule has 0 N–H and O–H groups in total. The molecule has 0 aromatic rings. The minimum atomic E-state index is 0. The maximum absolute atomic E-state index is 7.50. The molecule has 0 saturated carbocycles. The molecule has 0 aliphatic carbocycles. The first-order valence-electron chi connectivity index (χ1n) is 2.16. The van der Waals surface area contributed by atoms with Crippen LogP contribution in [0.2, 0.25) is 0 Å². The van der Waals surface area contributed by atoms with Gasteiger partial charge in [0.05, 0.1) is 0 Å². The largest absolute Gasteiger partial charge is 0 e. The van der Waals surface area contributed by atoms with E-state index in [9.17, 15) is 0 Å². The molecule has 0 spiro atoms. The Labute approximate surface area is 83.2 Å². The van der Waals surface area contributed by atoms with Crippen LogP contribution in [0.4, 0.5) is 0 Å². The van der Waals surface area contributed by atoms with Crippen LogP contribution in [0.5, 0.6) is 0 Å². The summed E-state index contributed by atoms with van der Waals surface area (Å²) < 4.78 is 22.5. The molecule has 0 unspecified atom stereocenters. The van der Waals surface area contributed by atoms with Gasteiger partial charge in [-0.15, -0.1) is 0 Å². The summed E-state index contributed by atoms with van der Waals surface area (Å²) in [6, 6.07) is 0. The van der Waals surface area contributed by atoms with Gasteiger partial charge in [0.25, 0.3) is 0 Å². The predicted molar refractivity (Wildman–Crippen MR) is 36.8 cm³/mol. The summed E-state index contributed by atoms with van der Waals surface area (Å²) in [5, 5.41) is 0. The van der Waals surface area contributed by atoms with E-state index in [1.165, 1.54) is 0 Å². The van der Waals surface area contributed by atoms with Crippen molar-refractivity contribution in [3.63, 3.8) is 0 Å². The number of hydrogen-bond donors (Lipinski definition) is 0. The molecule has 4 heteroatoms. The Balaban J connectivity index is -0.0000000203. The Kier molecular flexibility index (Phi) is 212. The van der Waals surface area contributed by atoms with Crippen LogP contribution < -0.4 is 0 Å². The van der Waals surface area contributed by atoms with E-state index >= 15 is 0 Å². The molecule has 0 aromatic heterocycles. The van der Waals surface area contributed by atoms with Crippen LogP contribution in [0.25, 0.3) is 0 Å². The molecule has 0 fully saturated rings. The van der Waals surface area contributed by atoms with Crippen molar-refractivity contribution < 1.29 is 31.0 Å². The Morgan fingerprint density at radius 1 is 1.08 bits per heavy atom. The Hall–Kier alpha value is -0.781. The van der Waals surface area contributed by atoms with Gasteiger partial charge in [0.15, 0.2) is 0 Å². The van der Waals surface area contributed by atoms with E-state index < -0.39 is 0 Å². The van der Waals surface area contributed by atoms with Crippen LogP contribution >= 0.6 is 0 Å². The zero-order valence-electron chi connectivity index (χ0n) is 6.59. The normalized spacial score (nSPS) is 3.25. The minimum Gasteiger partial charge on any atom is 0 e. The van der Waals surface area contributed by atoms with Crippen LogP contribution in [-0.2, 0) is 31.0 Å². The quantitative estimate of drug-likeness (QED) is 0.271. The van der Waals surface area contributed by atoms with Gasteiger partial charge >= 0.3 is 33.9 Å². The van der Waals surface area contributed by atoms with Gasteiger partial charge in [0.2, 0.25) is 0 Å². The topological polar surface area (TPSA) is 59.7 Å². The predicted octanol–water partition coefficient (Wildman–Crippen LogP) is 1.63. The van der Waals surface area contributed by atoms with Crippen molar-refractivity contribution >= 4 is 0 Å². The van der Waals surface area contributed by atoms with E-state index in [1.807, 2.05) is 6.92 Å². The first-order valence-corrected chi connectivity index (χ1v) is 2.16. The Bertz CT molecular complexity index is 130. The number of rotatable bonds is 1.